The second-order valence-electron chi connectivity index (χ2n) is 4.78. The molecule has 0 rings (SSSR count). The number of carbonyl (C=O) groups is 2. The molecule has 0 saturated carbocycles. The maximum Gasteiger partial charge on any atom is 0.447 e. The number of oxime groups is 2. The average Bonchev–Trinajstić information content (AvgIpc) is 2.65. The van der Waals surface area contributed by atoms with Gasteiger partial charge in [-0.1, -0.05) is 46.0 Å². The van der Waals surface area contributed by atoms with Crippen molar-refractivity contribution < 1.29 is 45.6 Å². The van der Waals surface area contributed by atoms with Crippen LogP contribution in [0.2, 0.25) is 0 Å². The Morgan fingerprint density at radius 1 is 0.839 bits per heavy atom. The van der Waals surface area contributed by atoms with Crippen molar-refractivity contribution in [2.75, 3.05) is 25.6 Å². The Kier molecular flexibility index (Phi) is 12.5. The number of hydrogen-bond donors (Lipinski definition) is 0. The molecule has 0 heterocycles. The highest BCUT2D eigenvalue weighted by atomic mass is 32.2. The highest BCUT2D eigenvalue weighted by Crippen LogP contribution is 2.27. The Bertz CT molecular complexity index is 657. The number of carbonyl (C=O) groups excluding carboxylic acids is 2. The Morgan fingerprint density at radius 2 is 1.16 bits per heavy atom. The molecule has 0 fully saturated rings. The molecule has 176 valence electrons. The van der Waals surface area contributed by atoms with Crippen LogP contribution in [0.3, 0.4) is 0 Å². The molecular weight excluding hydrogens is 498 g/mol. The van der Waals surface area contributed by atoms with Gasteiger partial charge < -0.3 is 0 Å². The van der Waals surface area contributed by atoms with Gasteiger partial charge in [0.1, 0.15) is 0 Å². The molecule has 8 nitrogen and oxygen atoms in total. The summed E-state index contributed by atoms with van der Waals surface area (Å²) in [6.45, 7) is 6.50. The highest BCUT2D eigenvalue weighted by molar-refractivity contribution is 8.14. The molecule has 0 saturated heterocycles. The van der Waals surface area contributed by atoms with E-state index in [4.69, 9.17) is 0 Å². The van der Waals surface area contributed by atoms with Crippen LogP contribution in [-0.2, 0) is 9.68 Å². The van der Waals surface area contributed by atoms with Crippen molar-refractivity contribution in [3.05, 3.63) is 25.3 Å². The van der Waals surface area contributed by atoms with Crippen LogP contribution in [0.1, 0.15) is 0 Å². The van der Waals surface area contributed by atoms with Crippen LogP contribution in [0, 0.1) is 0 Å². The molecule has 2 amide bonds. The van der Waals surface area contributed by atoms with Crippen molar-refractivity contribution in [3.8, 4) is 0 Å². The summed E-state index contributed by atoms with van der Waals surface area (Å²) in [6.07, 6.45) is -10.2. The summed E-state index contributed by atoms with van der Waals surface area (Å²) in [5.74, 6) is -0.304. The van der Waals surface area contributed by atoms with E-state index in [9.17, 15) is 35.9 Å². The van der Waals surface area contributed by atoms with Crippen LogP contribution in [0.15, 0.2) is 35.6 Å². The number of halogens is 6. The number of alkyl halides is 6. The molecule has 0 unspecified atom stereocenters. The third-order valence-electron chi connectivity index (χ3n) is 2.33. The molecule has 0 spiro atoms. The van der Waals surface area contributed by atoms with Gasteiger partial charge in [0.15, 0.2) is 0 Å². The number of nitrogens with zero attached hydrogens (tertiary/aromatic N) is 4. The van der Waals surface area contributed by atoms with Crippen LogP contribution in [0.5, 0.6) is 0 Å². The zero-order valence-electron chi connectivity index (χ0n) is 15.9. The lowest BCUT2D eigenvalue weighted by Gasteiger charge is -2.19. The minimum Gasteiger partial charge on any atom is -0.296 e. The fraction of sp³-hybridized carbons (Fsp3) is 0.429. The van der Waals surface area contributed by atoms with E-state index in [2.05, 4.69) is 33.1 Å². The molecule has 0 bridgehead atoms. The molecular formula is C14H16F6N4O4S3. The maximum absolute atomic E-state index is 12.8. The zero-order valence-corrected chi connectivity index (χ0v) is 18.3. The quantitative estimate of drug-likeness (QED) is 0.0829. The van der Waals surface area contributed by atoms with Gasteiger partial charge in [0, 0.05) is 25.6 Å². The summed E-state index contributed by atoms with van der Waals surface area (Å²) in [4.78, 5) is 31.8. The summed E-state index contributed by atoms with van der Waals surface area (Å²) in [6, 6.07) is 0. The van der Waals surface area contributed by atoms with Crippen LogP contribution in [0.4, 0.5) is 35.9 Å². The minimum absolute atomic E-state index is 0.152. The van der Waals surface area contributed by atoms with Gasteiger partial charge in [0.05, 0.1) is 12.1 Å². The van der Waals surface area contributed by atoms with E-state index in [1.54, 1.807) is 0 Å². The maximum atomic E-state index is 12.8. The van der Waals surface area contributed by atoms with Crippen molar-refractivity contribution in [1.29, 1.82) is 0 Å². The zero-order chi connectivity index (χ0) is 24.2. The van der Waals surface area contributed by atoms with Crippen LogP contribution >= 0.6 is 35.7 Å². The summed E-state index contributed by atoms with van der Waals surface area (Å²) >= 11 is 0.686. The predicted octanol–water partition coefficient (Wildman–Crippen LogP) is 5.28. The molecule has 31 heavy (non-hydrogen) atoms. The first-order valence-corrected chi connectivity index (χ1v) is 10.3. The second kappa shape index (κ2) is 13.4. The van der Waals surface area contributed by atoms with Crippen molar-refractivity contribution in [2.24, 2.45) is 10.3 Å². The molecule has 0 aliphatic heterocycles. The van der Waals surface area contributed by atoms with Crippen LogP contribution in [0.25, 0.3) is 0 Å². The third kappa shape index (κ3) is 11.8. The summed E-state index contributed by atoms with van der Waals surface area (Å²) in [5, 5.41) is 2.57. The fourth-order valence-electron chi connectivity index (χ4n) is 1.12. The van der Waals surface area contributed by atoms with Gasteiger partial charge in [-0.2, -0.15) is 26.3 Å². The largest absolute Gasteiger partial charge is 0.447 e. The van der Waals surface area contributed by atoms with Gasteiger partial charge in [0.25, 0.3) is 0 Å². The topological polar surface area (TPSA) is 83.8 Å². The Labute approximate surface area is 186 Å². The van der Waals surface area contributed by atoms with Crippen molar-refractivity contribution >= 4 is 57.9 Å². The minimum atomic E-state index is -4.88. The molecule has 0 aliphatic carbocycles. The van der Waals surface area contributed by atoms with E-state index >= 15 is 0 Å². The van der Waals surface area contributed by atoms with E-state index < -0.39 is 34.6 Å². The summed E-state index contributed by atoms with van der Waals surface area (Å²) in [7, 11) is 2.00. The summed E-state index contributed by atoms with van der Waals surface area (Å²) < 4.78 is 77.6. The number of amides is 2. The van der Waals surface area contributed by atoms with Gasteiger partial charge >= 0.3 is 24.5 Å². The first-order valence-electron chi connectivity index (χ1n) is 7.59. The van der Waals surface area contributed by atoms with E-state index in [1.807, 2.05) is 0 Å². The Hall–Kier alpha value is -2.01. The Morgan fingerprint density at radius 3 is 1.42 bits per heavy atom. The van der Waals surface area contributed by atoms with E-state index in [-0.39, 0.29) is 47.2 Å². The van der Waals surface area contributed by atoms with E-state index in [0.29, 0.717) is 8.61 Å². The highest BCUT2D eigenvalue weighted by Gasteiger charge is 2.38. The van der Waals surface area contributed by atoms with Crippen molar-refractivity contribution in [3.63, 3.8) is 0 Å². The number of rotatable bonds is 8. The standard InChI is InChI=1S/C14H16F6N4O4S3/c1-5-7-29-9(13(15,16)17)21-27-11(25)23(3)31-24(4)12(26)28-22-10(14(18,19)20)30-8-6-2/h5-6H,1-2,7-8H2,3-4H3. The van der Waals surface area contributed by atoms with Crippen molar-refractivity contribution in [1.82, 2.24) is 8.61 Å². The van der Waals surface area contributed by atoms with Gasteiger partial charge in [-0.15, -0.1) is 13.2 Å². The predicted molar refractivity (Wildman–Crippen MR) is 108 cm³/mol. The molecule has 0 radical (unpaired) electrons. The van der Waals surface area contributed by atoms with Gasteiger partial charge in [-0.3, -0.25) is 9.68 Å². The van der Waals surface area contributed by atoms with Crippen molar-refractivity contribution in [2.45, 2.75) is 12.4 Å². The molecule has 0 atom stereocenters. The molecule has 0 N–H and O–H groups in total. The summed E-state index contributed by atoms with van der Waals surface area (Å²) in [5.41, 5.74) is 0. The first-order chi connectivity index (χ1) is 14.2. The normalized spacial score (nSPS) is 12.8. The lowest BCUT2D eigenvalue weighted by molar-refractivity contribution is -0.0585. The molecule has 0 aromatic heterocycles. The first kappa shape index (κ1) is 29.0. The molecule has 0 aromatic rings. The SMILES string of the molecule is C=CCSC(=NOC(=O)N(C)SN(C)C(=O)ON=C(SCC=C)C(F)(F)F)C(F)(F)F. The van der Waals surface area contributed by atoms with Gasteiger partial charge in [0.2, 0.25) is 10.1 Å². The Balaban J connectivity index is 4.96. The smallest absolute Gasteiger partial charge is 0.296 e. The average molecular weight is 514 g/mol. The third-order valence-corrected chi connectivity index (χ3v) is 5.08. The molecule has 0 aromatic carbocycles. The van der Waals surface area contributed by atoms with Crippen LogP contribution < -0.4 is 0 Å². The van der Waals surface area contributed by atoms with E-state index in [1.165, 1.54) is 12.2 Å². The monoisotopic (exact) mass is 514 g/mol. The number of hydrogen-bond acceptors (Lipinski definition) is 9. The molecule has 0 aliphatic rings. The molecule has 17 heteroatoms. The number of thioether (sulfide) groups is 2. The lowest BCUT2D eigenvalue weighted by atomic mass is 10.7. The van der Waals surface area contributed by atoms with Gasteiger partial charge in [-0.05, 0) is 0 Å². The van der Waals surface area contributed by atoms with Gasteiger partial charge in [-0.25, -0.2) is 18.2 Å². The lowest BCUT2D eigenvalue weighted by Crippen LogP contribution is -2.30. The van der Waals surface area contributed by atoms with Crippen LogP contribution in [-0.4, -0.2) is 68.8 Å². The van der Waals surface area contributed by atoms with E-state index in [0.717, 1.165) is 14.1 Å². The fourth-order valence-corrected chi connectivity index (χ4v) is 2.75. The second-order valence-corrected chi connectivity index (χ2v) is 8.05.